The van der Waals surface area contributed by atoms with Crippen LogP contribution in [0.1, 0.15) is 21.6 Å². The molecule has 0 aliphatic heterocycles. The van der Waals surface area contributed by atoms with Crippen molar-refractivity contribution in [2.75, 3.05) is 26.1 Å². The predicted octanol–water partition coefficient (Wildman–Crippen LogP) is 2.37. The molecule has 1 heterocycles. The van der Waals surface area contributed by atoms with Crippen LogP contribution in [0.2, 0.25) is 0 Å². The third kappa shape index (κ3) is 2.74. The summed E-state index contributed by atoms with van der Waals surface area (Å²) in [7, 11) is 4.76. The fourth-order valence-electron chi connectivity index (χ4n) is 1.94. The van der Waals surface area contributed by atoms with E-state index in [2.05, 4.69) is 9.97 Å². The number of hydrogen-bond acceptors (Lipinski definition) is 5. The molecular formula is C15H15F2N3O2. The number of nitrogens with zero attached hydrogens (tertiary/aromatic N) is 3. The van der Waals surface area contributed by atoms with Crippen LogP contribution in [-0.2, 0) is 0 Å². The molecule has 22 heavy (non-hydrogen) atoms. The first kappa shape index (κ1) is 15.8. The minimum absolute atomic E-state index is 0.0976. The highest BCUT2D eigenvalue weighted by molar-refractivity contribution is 6.09. The van der Waals surface area contributed by atoms with Crippen LogP contribution in [-0.4, -0.2) is 37.0 Å². The Morgan fingerprint density at radius 1 is 1.18 bits per heavy atom. The summed E-state index contributed by atoms with van der Waals surface area (Å²) < 4.78 is 32.7. The van der Waals surface area contributed by atoms with E-state index in [-0.39, 0.29) is 17.5 Å². The predicted molar refractivity (Wildman–Crippen MR) is 77.4 cm³/mol. The minimum atomic E-state index is -0.937. The quantitative estimate of drug-likeness (QED) is 0.812. The maximum atomic E-state index is 13.8. The van der Waals surface area contributed by atoms with Gasteiger partial charge in [-0.1, -0.05) is 6.07 Å². The van der Waals surface area contributed by atoms with E-state index in [0.29, 0.717) is 5.56 Å². The highest BCUT2D eigenvalue weighted by Crippen LogP contribution is 2.24. The number of carbonyl (C=O) groups excluding carboxylic acids is 1. The molecule has 0 saturated heterocycles. The van der Waals surface area contributed by atoms with Crippen LogP contribution in [0.3, 0.4) is 0 Å². The van der Waals surface area contributed by atoms with E-state index in [0.717, 1.165) is 12.1 Å². The van der Waals surface area contributed by atoms with Crippen molar-refractivity contribution in [3.63, 3.8) is 0 Å². The highest BCUT2D eigenvalue weighted by Gasteiger charge is 2.25. The van der Waals surface area contributed by atoms with Gasteiger partial charge in [-0.3, -0.25) is 4.79 Å². The molecule has 0 fully saturated rings. The Bertz CT molecular complexity index is 713. The molecule has 0 bridgehead atoms. The molecule has 0 amide bonds. The van der Waals surface area contributed by atoms with Crippen LogP contribution in [0.15, 0.2) is 18.2 Å². The average Bonchev–Trinajstić information content (AvgIpc) is 2.46. The first-order valence-electron chi connectivity index (χ1n) is 6.45. The molecule has 116 valence electrons. The van der Waals surface area contributed by atoms with Crippen LogP contribution in [0, 0.1) is 18.6 Å². The highest BCUT2D eigenvalue weighted by atomic mass is 19.1. The molecule has 0 spiro atoms. The fourth-order valence-corrected chi connectivity index (χ4v) is 1.94. The number of aromatic nitrogens is 2. The molecule has 0 radical (unpaired) electrons. The van der Waals surface area contributed by atoms with Gasteiger partial charge >= 0.3 is 0 Å². The van der Waals surface area contributed by atoms with Crippen molar-refractivity contribution >= 4 is 11.7 Å². The normalized spacial score (nSPS) is 10.5. The van der Waals surface area contributed by atoms with Gasteiger partial charge in [-0.2, -0.15) is 4.98 Å². The van der Waals surface area contributed by atoms with Crippen LogP contribution in [0.25, 0.3) is 0 Å². The van der Waals surface area contributed by atoms with E-state index in [9.17, 15) is 13.6 Å². The van der Waals surface area contributed by atoms with Crippen LogP contribution in [0.5, 0.6) is 5.88 Å². The van der Waals surface area contributed by atoms with Gasteiger partial charge in [0.05, 0.1) is 12.7 Å². The van der Waals surface area contributed by atoms with E-state index in [1.807, 2.05) is 0 Å². The van der Waals surface area contributed by atoms with E-state index in [1.165, 1.54) is 13.2 Å². The van der Waals surface area contributed by atoms with Crippen molar-refractivity contribution in [1.82, 2.24) is 9.97 Å². The van der Waals surface area contributed by atoms with Gasteiger partial charge in [0.2, 0.25) is 17.6 Å². The van der Waals surface area contributed by atoms with Gasteiger partial charge in [0.25, 0.3) is 0 Å². The molecule has 2 rings (SSSR count). The number of hydrogen-bond donors (Lipinski definition) is 0. The lowest BCUT2D eigenvalue weighted by Crippen LogP contribution is -2.18. The van der Waals surface area contributed by atoms with Crippen molar-refractivity contribution < 1.29 is 18.3 Å². The topological polar surface area (TPSA) is 55.3 Å². The third-order valence-electron chi connectivity index (χ3n) is 3.09. The summed E-state index contributed by atoms with van der Waals surface area (Å²) in [5.74, 6) is -2.33. The average molecular weight is 307 g/mol. The number of anilines is 1. The lowest BCUT2D eigenvalue weighted by atomic mass is 10.0. The Labute approximate surface area is 126 Å². The van der Waals surface area contributed by atoms with Gasteiger partial charge < -0.3 is 9.64 Å². The number of halogens is 2. The molecule has 1 aromatic carbocycles. The fraction of sp³-hybridized carbons (Fsp3) is 0.267. The Morgan fingerprint density at radius 3 is 2.27 bits per heavy atom. The lowest BCUT2D eigenvalue weighted by Gasteiger charge is -2.15. The second-order valence-electron chi connectivity index (χ2n) is 4.83. The first-order chi connectivity index (χ1) is 10.4. The monoisotopic (exact) mass is 307 g/mol. The Balaban J connectivity index is 2.66. The summed E-state index contributed by atoms with van der Waals surface area (Å²) in [6.45, 7) is 1.56. The molecule has 0 saturated carbocycles. The summed E-state index contributed by atoms with van der Waals surface area (Å²) >= 11 is 0. The molecule has 7 heteroatoms. The number of ether oxygens (including phenoxy) is 1. The molecule has 0 N–H and O–H groups in total. The summed E-state index contributed by atoms with van der Waals surface area (Å²) in [6.07, 6.45) is 0. The second-order valence-corrected chi connectivity index (χ2v) is 4.83. The summed E-state index contributed by atoms with van der Waals surface area (Å²) in [4.78, 5) is 22.3. The lowest BCUT2D eigenvalue weighted by molar-refractivity contribution is 0.102. The summed E-state index contributed by atoms with van der Waals surface area (Å²) in [6, 6.07) is 3.24. The Morgan fingerprint density at radius 2 is 1.77 bits per heavy atom. The summed E-state index contributed by atoms with van der Waals surface area (Å²) in [5, 5.41) is 0. The Kier molecular flexibility index (Phi) is 4.35. The molecule has 5 nitrogen and oxygen atoms in total. The molecule has 0 atom stereocenters. The van der Waals surface area contributed by atoms with Crippen molar-refractivity contribution in [2.45, 2.75) is 6.92 Å². The van der Waals surface area contributed by atoms with Gasteiger partial charge in [-0.05, 0) is 19.1 Å². The maximum absolute atomic E-state index is 13.8. The Hall–Kier alpha value is -2.57. The number of methoxy groups -OCH3 is 1. The van der Waals surface area contributed by atoms with Gasteiger partial charge in [0, 0.05) is 19.7 Å². The van der Waals surface area contributed by atoms with E-state index in [4.69, 9.17) is 4.74 Å². The zero-order chi connectivity index (χ0) is 16.4. The molecule has 0 aliphatic rings. The number of benzene rings is 1. The van der Waals surface area contributed by atoms with Crippen molar-refractivity contribution in [2.24, 2.45) is 0 Å². The minimum Gasteiger partial charge on any atom is -0.481 e. The molecule has 0 aliphatic carbocycles. The standard InChI is InChI=1S/C15H15F2N3O2/c1-8-12(18-15(20(2)3)19-14(8)22-4)13(21)11-9(16)6-5-7-10(11)17/h5-7H,1-4H3. The maximum Gasteiger partial charge on any atom is 0.228 e. The second kappa shape index (κ2) is 6.05. The van der Waals surface area contributed by atoms with E-state index in [1.54, 1.807) is 25.9 Å². The zero-order valence-corrected chi connectivity index (χ0v) is 12.6. The van der Waals surface area contributed by atoms with Gasteiger partial charge in [-0.25, -0.2) is 13.8 Å². The molecule has 0 unspecified atom stereocenters. The molecule has 1 aromatic heterocycles. The number of carbonyl (C=O) groups is 1. The van der Waals surface area contributed by atoms with Gasteiger partial charge in [0.15, 0.2) is 0 Å². The van der Waals surface area contributed by atoms with Crippen LogP contribution >= 0.6 is 0 Å². The van der Waals surface area contributed by atoms with Gasteiger partial charge in [-0.15, -0.1) is 0 Å². The number of rotatable bonds is 4. The van der Waals surface area contributed by atoms with E-state index < -0.39 is 23.0 Å². The van der Waals surface area contributed by atoms with E-state index >= 15 is 0 Å². The first-order valence-corrected chi connectivity index (χ1v) is 6.45. The molecule has 2 aromatic rings. The summed E-state index contributed by atoms with van der Waals surface area (Å²) in [5.41, 5.74) is -0.420. The molecular weight excluding hydrogens is 292 g/mol. The number of ketones is 1. The third-order valence-corrected chi connectivity index (χ3v) is 3.09. The zero-order valence-electron chi connectivity index (χ0n) is 12.6. The van der Waals surface area contributed by atoms with Gasteiger partial charge in [0.1, 0.15) is 17.3 Å². The van der Waals surface area contributed by atoms with Crippen molar-refractivity contribution in [3.8, 4) is 5.88 Å². The van der Waals surface area contributed by atoms with Crippen LogP contribution in [0.4, 0.5) is 14.7 Å². The van der Waals surface area contributed by atoms with Crippen molar-refractivity contribution in [3.05, 3.63) is 46.7 Å². The SMILES string of the molecule is COc1nc(N(C)C)nc(C(=O)c2c(F)cccc2F)c1C. The smallest absolute Gasteiger partial charge is 0.228 e. The van der Waals surface area contributed by atoms with Crippen LogP contribution < -0.4 is 9.64 Å². The van der Waals surface area contributed by atoms with Crippen molar-refractivity contribution in [1.29, 1.82) is 0 Å². The largest absolute Gasteiger partial charge is 0.481 e.